The van der Waals surface area contributed by atoms with Crippen LogP contribution in [-0.2, 0) is 0 Å². The predicted octanol–water partition coefficient (Wildman–Crippen LogP) is 5.20. The van der Waals surface area contributed by atoms with Crippen LogP contribution in [0.1, 0.15) is 42.1 Å². The second-order valence-electron chi connectivity index (χ2n) is 7.01. The molecule has 0 bridgehead atoms. The van der Waals surface area contributed by atoms with Gasteiger partial charge in [0.25, 0.3) is 0 Å². The minimum absolute atomic E-state index is 0.0730. The number of hydrogen-bond donors (Lipinski definition) is 0. The van der Waals surface area contributed by atoms with Crippen molar-refractivity contribution in [3.05, 3.63) is 71.8 Å². The highest BCUT2D eigenvalue weighted by Gasteiger charge is 2.32. The Kier molecular flexibility index (Phi) is 6.89. The molecule has 0 aliphatic carbocycles. The highest BCUT2D eigenvalue weighted by molar-refractivity contribution is 7.80. The summed E-state index contributed by atoms with van der Waals surface area (Å²) in [6, 6.07) is 19.8. The van der Waals surface area contributed by atoms with Crippen molar-refractivity contribution in [2.75, 3.05) is 14.1 Å². The molecule has 2 aromatic rings. The maximum atomic E-state index is 12.9. The van der Waals surface area contributed by atoms with Gasteiger partial charge in [0, 0.05) is 37.9 Å². The number of carbonyl (C=O) groups is 1. The number of hydrogen-bond acceptors (Lipinski definition) is 2. The monoisotopic (exact) mass is 353 g/mol. The average Bonchev–Trinajstić information content (AvgIpc) is 2.62. The SMILES string of the molecule is CC(C)C(C(=S)N(C)C)C(CC(=O)c1ccccc1)c1ccccc1. The molecule has 0 radical (unpaired) electrons. The van der Waals surface area contributed by atoms with Gasteiger partial charge in [-0.05, 0) is 11.5 Å². The van der Waals surface area contributed by atoms with Gasteiger partial charge in [0.1, 0.15) is 0 Å². The van der Waals surface area contributed by atoms with E-state index >= 15 is 0 Å². The molecule has 0 aliphatic rings. The van der Waals surface area contributed by atoms with Crippen molar-refractivity contribution in [3.8, 4) is 0 Å². The summed E-state index contributed by atoms with van der Waals surface area (Å²) >= 11 is 5.74. The predicted molar refractivity (Wildman–Crippen MR) is 109 cm³/mol. The summed E-state index contributed by atoms with van der Waals surface area (Å²) in [5, 5.41) is 0. The van der Waals surface area contributed by atoms with Gasteiger partial charge in [-0.3, -0.25) is 4.79 Å². The molecule has 0 amide bonds. The van der Waals surface area contributed by atoms with E-state index in [0.717, 1.165) is 10.6 Å². The van der Waals surface area contributed by atoms with Gasteiger partial charge in [-0.15, -0.1) is 0 Å². The van der Waals surface area contributed by atoms with Crippen LogP contribution >= 0.6 is 12.2 Å². The Labute approximate surface area is 156 Å². The molecule has 0 saturated carbocycles. The Morgan fingerprint density at radius 3 is 1.96 bits per heavy atom. The second kappa shape index (κ2) is 8.91. The lowest BCUT2D eigenvalue weighted by molar-refractivity contribution is 0.0965. The van der Waals surface area contributed by atoms with Gasteiger partial charge in [0.2, 0.25) is 0 Å². The number of thiocarbonyl (C=S) groups is 1. The third-order valence-electron chi connectivity index (χ3n) is 4.61. The fraction of sp³-hybridized carbons (Fsp3) is 0.364. The molecule has 2 rings (SSSR count). The fourth-order valence-electron chi connectivity index (χ4n) is 3.31. The van der Waals surface area contributed by atoms with Crippen LogP contribution in [0.3, 0.4) is 0 Å². The highest BCUT2D eigenvalue weighted by Crippen LogP contribution is 2.36. The van der Waals surface area contributed by atoms with Crippen molar-refractivity contribution in [1.82, 2.24) is 4.90 Å². The van der Waals surface area contributed by atoms with E-state index in [9.17, 15) is 4.79 Å². The Morgan fingerprint density at radius 1 is 0.960 bits per heavy atom. The number of Topliss-reactive ketones (excluding diaryl/α,β-unsaturated/α-hetero) is 1. The van der Waals surface area contributed by atoms with Gasteiger partial charge in [0.15, 0.2) is 5.78 Å². The van der Waals surface area contributed by atoms with Gasteiger partial charge in [-0.2, -0.15) is 0 Å². The summed E-state index contributed by atoms with van der Waals surface area (Å²) < 4.78 is 0. The molecule has 0 spiro atoms. The van der Waals surface area contributed by atoms with Gasteiger partial charge in [-0.25, -0.2) is 0 Å². The first-order chi connectivity index (χ1) is 11.9. The smallest absolute Gasteiger partial charge is 0.163 e. The molecule has 2 nitrogen and oxygen atoms in total. The molecule has 0 N–H and O–H groups in total. The van der Waals surface area contributed by atoms with E-state index in [4.69, 9.17) is 12.2 Å². The topological polar surface area (TPSA) is 20.3 Å². The third kappa shape index (κ3) is 4.99. The fourth-order valence-corrected chi connectivity index (χ4v) is 3.75. The zero-order chi connectivity index (χ0) is 18.4. The van der Waals surface area contributed by atoms with Crippen molar-refractivity contribution in [3.63, 3.8) is 0 Å². The first kappa shape index (κ1) is 19.3. The lowest BCUT2D eigenvalue weighted by atomic mass is 9.75. The molecular formula is C22H27NOS. The Morgan fingerprint density at radius 2 is 1.48 bits per heavy atom. The molecule has 0 aromatic heterocycles. The molecule has 25 heavy (non-hydrogen) atoms. The molecule has 3 heteroatoms. The highest BCUT2D eigenvalue weighted by atomic mass is 32.1. The van der Waals surface area contributed by atoms with Crippen molar-refractivity contribution < 1.29 is 4.79 Å². The molecule has 0 fully saturated rings. The molecular weight excluding hydrogens is 326 g/mol. The summed E-state index contributed by atoms with van der Waals surface area (Å²) in [5.74, 6) is 0.731. The lowest BCUT2D eigenvalue weighted by Gasteiger charge is -2.34. The van der Waals surface area contributed by atoms with E-state index in [1.165, 1.54) is 5.56 Å². The molecule has 0 saturated heterocycles. The summed E-state index contributed by atoms with van der Waals surface area (Å²) in [7, 11) is 3.97. The van der Waals surface area contributed by atoms with E-state index < -0.39 is 0 Å². The van der Waals surface area contributed by atoms with E-state index in [-0.39, 0.29) is 17.6 Å². The van der Waals surface area contributed by atoms with E-state index in [1.54, 1.807) is 0 Å². The number of carbonyl (C=O) groups excluding carboxylic acids is 1. The molecule has 132 valence electrons. The molecule has 0 aliphatic heterocycles. The maximum absolute atomic E-state index is 12.9. The quantitative estimate of drug-likeness (QED) is 0.504. The van der Waals surface area contributed by atoms with E-state index in [1.807, 2.05) is 67.5 Å². The summed E-state index contributed by atoms with van der Waals surface area (Å²) in [5.41, 5.74) is 1.94. The lowest BCUT2D eigenvalue weighted by Crippen LogP contribution is -2.36. The van der Waals surface area contributed by atoms with Crippen LogP contribution in [0.2, 0.25) is 0 Å². The first-order valence-corrected chi connectivity index (χ1v) is 9.17. The summed E-state index contributed by atoms with van der Waals surface area (Å²) in [6.07, 6.45) is 0.463. The minimum atomic E-state index is 0.0730. The maximum Gasteiger partial charge on any atom is 0.163 e. The minimum Gasteiger partial charge on any atom is -0.372 e. The second-order valence-corrected chi connectivity index (χ2v) is 7.43. The van der Waals surface area contributed by atoms with Crippen molar-refractivity contribution in [1.29, 1.82) is 0 Å². The normalized spacial score (nSPS) is 13.3. The van der Waals surface area contributed by atoms with E-state index in [2.05, 4.69) is 26.0 Å². The Balaban J connectivity index is 2.39. The van der Waals surface area contributed by atoms with Crippen LogP contribution in [0.15, 0.2) is 60.7 Å². The van der Waals surface area contributed by atoms with E-state index in [0.29, 0.717) is 12.3 Å². The number of nitrogens with zero attached hydrogens (tertiary/aromatic N) is 1. The van der Waals surface area contributed by atoms with Crippen LogP contribution in [0.25, 0.3) is 0 Å². The van der Waals surface area contributed by atoms with Crippen LogP contribution in [0.5, 0.6) is 0 Å². The number of rotatable bonds is 7. The van der Waals surface area contributed by atoms with Crippen LogP contribution in [0.4, 0.5) is 0 Å². The van der Waals surface area contributed by atoms with Crippen LogP contribution in [0, 0.1) is 11.8 Å². The first-order valence-electron chi connectivity index (χ1n) is 8.76. The number of ketones is 1. The molecule has 2 unspecified atom stereocenters. The molecule has 2 atom stereocenters. The zero-order valence-electron chi connectivity index (χ0n) is 15.5. The van der Waals surface area contributed by atoms with Crippen molar-refractivity contribution in [2.45, 2.75) is 26.2 Å². The van der Waals surface area contributed by atoms with Crippen molar-refractivity contribution >= 4 is 23.0 Å². The zero-order valence-corrected chi connectivity index (χ0v) is 16.3. The van der Waals surface area contributed by atoms with Gasteiger partial charge >= 0.3 is 0 Å². The Hall–Kier alpha value is -2.00. The van der Waals surface area contributed by atoms with Crippen LogP contribution < -0.4 is 0 Å². The van der Waals surface area contributed by atoms with Gasteiger partial charge < -0.3 is 4.90 Å². The molecule has 2 aromatic carbocycles. The largest absolute Gasteiger partial charge is 0.372 e. The summed E-state index contributed by atoms with van der Waals surface area (Å²) in [4.78, 5) is 15.8. The molecule has 0 heterocycles. The Bertz CT molecular complexity index is 694. The van der Waals surface area contributed by atoms with Crippen LogP contribution in [-0.4, -0.2) is 29.8 Å². The van der Waals surface area contributed by atoms with Gasteiger partial charge in [-0.1, -0.05) is 86.7 Å². The van der Waals surface area contributed by atoms with Gasteiger partial charge in [0.05, 0.1) is 4.99 Å². The van der Waals surface area contributed by atoms with Crippen molar-refractivity contribution in [2.24, 2.45) is 11.8 Å². The number of benzene rings is 2. The average molecular weight is 354 g/mol. The standard InChI is InChI=1S/C22H27NOS/c1-16(2)21(22(25)23(3)4)19(17-11-7-5-8-12-17)15-20(24)18-13-9-6-10-14-18/h5-14,16,19,21H,15H2,1-4H3. The summed E-state index contributed by atoms with van der Waals surface area (Å²) in [6.45, 7) is 4.37. The third-order valence-corrected chi connectivity index (χ3v) is 5.24.